The zero-order valence-corrected chi connectivity index (χ0v) is 14.0. The lowest BCUT2D eigenvalue weighted by Crippen LogP contribution is -2.48. The zero-order chi connectivity index (χ0) is 17.8. The van der Waals surface area contributed by atoms with E-state index in [0.717, 1.165) is 4.90 Å². The molecule has 0 spiro atoms. The van der Waals surface area contributed by atoms with Gasteiger partial charge in [0.15, 0.2) is 0 Å². The molecule has 3 amide bonds. The molecule has 130 valence electrons. The largest absolute Gasteiger partial charge is 0.455 e. The van der Waals surface area contributed by atoms with Crippen molar-refractivity contribution in [1.29, 1.82) is 0 Å². The number of amides is 3. The second kappa shape index (κ2) is 7.32. The van der Waals surface area contributed by atoms with Crippen LogP contribution in [0.4, 0.5) is 15.3 Å². The van der Waals surface area contributed by atoms with Crippen molar-refractivity contribution in [2.45, 2.75) is 16.7 Å². The highest BCUT2D eigenvalue weighted by Crippen LogP contribution is 2.50. The Morgan fingerprint density at radius 3 is 2.72 bits per heavy atom. The first-order valence-corrected chi connectivity index (χ1v) is 8.21. The number of anilines is 1. The van der Waals surface area contributed by atoms with Crippen LogP contribution in [0.25, 0.3) is 0 Å². The molecule has 0 unspecified atom stereocenters. The molecule has 0 saturated carbocycles. The van der Waals surface area contributed by atoms with Crippen molar-refractivity contribution < 1.29 is 24.3 Å². The molecule has 3 rings (SSSR count). The van der Waals surface area contributed by atoms with E-state index in [1.165, 1.54) is 11.8 Å². The second-order valence-corrected chi connectivity index (χ2v) is 5.89. The summed E-state index contributed by atoms with van der Waals surface area (Å²) in [6.07, 6.45) is -0.828. The van der Waals surface area contributed by atoms with Gasteiger partial charge in [-0.15, -0.1) is 0 Å². The van der Waals surface area contributed by atoms with Crippen molar-refractivity contribution in [3.8, 4) is 11.5 Å². The van der Waals surface area contributed by atoms with Crippen molar-refractivity contribution in [1.82, 2.24) is 10.9 Å². The summed E-state index contributed by atoms with van der Waals surface area (Å²) in [7, 11) is 0. The van der Waals surface area contributed by atoms with E-state index in [1.54, 1.807) is 25.1 Å². The molecule has 0 aliphatic carbocycles. The van der Waals surface area contributed by atoms with Gasteiger partial charge in [0.1, 0.15) is 11.5 Å². The number of hydrogen-bond acceptors (Lipinski definition) is 6. The Morgan fingerprint density at radius 2 is 1.92 bits per heavy atom. The van der Waals surface area contributed by atoms with E-state index in [-0.39, 0.29) is 12.3 Å². The summed E-state index contributed by atoms with van der Waals surface area (Å²) < 4.78 is 10.4. The van der Waals surface area contributed by atoms with E-state index in [9.17, 15) is 14.8 Å². The van der Waals surface area contributed by atoms with Gasteiger partial charge in [-0.05, 0) is 31.2 Å². The Bertz CT molecular complexity index is 814. The molecular formula is C16H15N3O5S. The van der Waals surface area contributed by atoms with Gasteiger partial charge in [-0.1, -0.05) is 30.0 Å². The number of para-hydroxylation sites is 1. The van der Waals surface area contributed by atoms with Crippen LogP contribution in [-0.2, 0) is 4.74 Å². The van der Waals surface area contributed by atoms with Crippen molar-refractivity contribution >= 4 is 29.6 Å². The number of hydrogen-bond donors (Lipinski definition) is 3. The number of fused-ring (bicyclic) bond motifs is 2. The molecule has 3 N–H and O–H groups in total. The highest BCUT2D eigenvalue weighted by atomic mass is 32.2. The lowest BCUT2D eigenvalue weighted by Gasteiger charge is -2.24. The highest BCUT2D eigenvalue weighted by Gasteiger charge is 2.25. The van der Waals surface area contributed by atoms with Crippen molar-refractivity contribution in [2.75, 3.05) is 11.7 Å². The van der Waals surface area contributed by atoms with Crippen molar-refractivity contribution in [3.05, 3.63) is 42.5 Å². The SMILES string of the molecule is CCOC(=O)NNC(=O)N(O)c1cccc2c1Sc1ccccc1O2. The Balaban J connectivity index is 1.78. The van der Waals surface area contributed by atoms with Crippen LogP contribution >= 0.6 is 11.8 Å². The van der Waals surface area contributed by atoms with Gasteiger partial charge in [-0.3, -0.25) is 5.21 Å². The fourth-order valence-electron chi connectivity index (χ4n) is 2.14. The fourth-order valence-corrected chi connectivity index (χ4v) is 3.18. The third-order valence-corrected chi connectivity index (χ3v) is 4.38. The second-order valence-electron chi connectivity index (χ2n) is 4.84. The number of benzene rings is 2. The molecule has 0 saturated heterocycles. The smallest absolute Gasteiger partial charge is 0.426 e. The van der Waals surface area contributed by atoms with Crippen molar-refractivity contribution in [2.24, 2.45) is 0 Å². The van der Waals surface area contributed by atoms with Crippen LogP contribution in [0.1, 0.15) is 6.92 Å². The van der Waals surface area contributed by atoms with Gasteiger partial charge in [0.25, 0.3) is 0 Å². The number of carbonyl (C=O) groups excluding carboxylic acids is 2. The number of nitrogens with one attached hydrogen (secondary N) is 2. The van der Waals surface area contributed by atoms with Crippen LogP contribution in [-0.4, -0.2) is 23.9 Å². The van der Waals surface area contributed by atoms with Crippen LogP contribution < -0.4 is 20.7 Å². The summed E-state index contributed by atoms with van der Waals surface area (Å²) in [5.41, 5.74) is 4.31. The number of urea groups is 1. The maximum absolute atomic E-state index is 12.0. The third kappa shape index (κ3) is 3.62. The molecule has 0 bridgehead atoms. The number of carbonyl (C=O) groups is 2. The summed E-state index contributed by atoms with van der Waals surface area (Å²) in [6.45, 7) is 1.79. The third-order valence-electron chi connectivity index (χ3n) is 3.21. The van der Waals surface area contributed by atoms with Crippen LogP contribution in [0.3, 0.4) is 0 Å². The molecule has 0 atom stereocenters. The van der Waals surface area contributed by atoms with E-state index in [0.29, 0.717) is 21.5 Å². The number of hydroxylamine groups is 1. The molecule has 1 aliphatic rings. The lowest BCUT2D eigenvalue weighted by atomic mass is 10.2. The summed E-state index contributed by atoms with van der Waals surface area (Å²) in [5.74, 6) is 1.22. The van der Waals surface area contributed by atoms with E-state index in [4.69, 9.17) is 4.74 Å². The number of rotatable bonds is 2. The first-order chi connectivity index (χ1) is 12.1. The van der Waals surface area contributed by atoms with E-state index < -0.39 is 12.1 Å². The molecule has 1 aliphatic heterocycles. The quantitative estimate of drug-likeness (QED) is 0.477. The van der Waals surface area contributed by atoms with Gasteiger partial charge in [0, 0.05) is 0 Å². The van der Waals surface area contributed by atoms with Gasteiger partial charge < -0.3 is 9.47 Å². The predicted octanol–water partition coefficient (Wildman–Crippen LogP) is 3.51. The maximum Gasteiger partial charge on any atom is 0.426 e. The Hall–Kier alpha value is -2.91. The average molecular weight is 361 g/mol. The molecule has 1 heterocycles. The van der Waals surface area contributed by atoms with E-state index in [2.05, 4.69) is 10.2 Å². The topological polar surface area (TPSA) is 100 Å². The summed E-state index contributed by atoms with van der Waals surface area (Å²) >= 11 is 1.37. The Kier molecular flexibility index (Phi) is 4.96. The standard InChI is InChI=1S/C16H15N3O5S/c1-2-23-16(21)18-17-15(20)19(22)10-6-5-8-12-14(10)25-13-9-4-3-7-11(13)24-12/h3-9,22H,2H2,1H3,(H,17,20)(H,18,21). The molecule has 9 heteroatoms. The predicted molar refractivity (Wildman–Crippen MR) is 90.0 cm³/mol. The summed E-state index contributed by atoms with van der Waals surface area (Å²) in [5, 5.41) is 10.6. The van der Waals surface area contributed by atoms with E-state index >= 15 is 0 Å². The first-order valence-electron chi connectivity index (χ1n) is 7.39. The molecule has 8 nitrogen and oxygen atoms in total. The lowest BCUT2D eigenvalue weighted by molar-refractivity contribution is 0.145. The highest BCUT2D eigenvalue weighted by molar-refractivity contribution is 7.99. The summed E-state index contributed by atoms with van der Waals surface area (Å²) in [6, 6.07) is 11.5. The zero-order valence-electron chi connectivity index (χ0n) is 13.2. The number of hydrazine groups is 1. The molecular weight excluding hydrogens is 346 g/mol. The molecule has 0 aromatic heterocycles. The minimum Gasteiger partial charge on any atom is -0.455 e. The summed E-state index contributed by atoms with van der Waals surface area (Å²) in [4.78, 5) is 24.7. The Morgan fingerprint density at radius 1 is 1.16 bits per heavy atom. The van der Waals surface area contributed by atoms with Crippen LogP contribution in [0.15, 0.2) is 52.3 Å². The normalized spacial score (nSPS) is 11.4. The molecule has 2 aromatic carbocycles. The van der Waals surface area contributed by atoms with Gasteiger partial charge in [-0.2, -0.15) is 5.06 Å². The first kappa shape index (κ1) is 16.9. The minimum atomic E-state index is -0.944. The van der Waals surface area contributed by atoms with Crippen LogP contribution in [0, 0.1) is 0 Å². The van der Waals surface area contributed by atoms with Crippen molar-refractivity contribution in [3.63, 3.8) is 0 Å². The molecule has 25 heavy (non-hydrogen) atoms. The van der Waals surface area contributed by atoms with E-state index in [1.807, 2.05) is 29.7 Å². The minimum absolute atomic E-state index is 0.157. The monoisotopic (exact) mass is 361 g/mol. The van der Waals surface area contributed by atoms with Gasteiger partial charge in [-0.25, -0.2) is 20.4 Å². The maximum atomic E-state index is 12.0. The number of nitrogens with zero attached hydrogens (tertiary/aromatic N) is 1. The average Bonchev–Trinajstić information content (AvgIpc) is 2.63. The van der Waals surface area contributed by atoms with Crippen LogP contribution in [0.5, 0.6) is 11.5 Å². The van der Waals surface area contributed by atoms with Gasteiger partial charge in [0.2, 0.25) is 0 Å². The van der Waals surface area contributed by atoms with Gasteiger partial charge >= 0.3 is 12.1 Å². The van der Waals surface area contributed by atoms with Crippen LogP contribution in [0.2, 0.25) is 0 Å². The Labute approximate surface area is 147 Å². The number of ether oxygens (including phenoxy) is 2. The molecule has 0 fully saturated rings. The molecule has 0 radical (unpaired) electrons. The van der Waals surface area contributed by atoms with Gasteiger partial charge in [0.05, 0.1) is 22.1 Å². The fraction of sp³-hybridized carbons (Fsp3) is 0.125. The molecule has 2 aromatic rings.